The maximum Gasteiger partial charge on any atom is 0.311 e. The second-order valence-electron chi connectivity index (χ2n) is 5.95. The highest BCUT2D eigenvalue weighted by Gasteiger charge is 2.19. The van der Waals surface area contributed by atoms with Crippen LogP contribution in [0.1, 0.15) is 28.9 Å². The van der Waals surface area contributed by atoms with Gasteiger partial charge in [-0.2, -0.15) is 0 Å². The molecule has 0 radical (unpaired) electrons. The highest BCUT2D eigenvalue weighted by Crippen LogP contribution is 2.28. The van der Waals surface area contributed by atoms with E-state index in [0.717, 1.165) is 16.3 Å². The number of nitro groups is 1. The Morgan fingerprint density at radius 1 is 1.08 bits per heavy atom. The van der Waals surface area contributed by atoms with Crippen molar-refractivity contribution in [3.63, 3.8) is 0 Å². The van der Waals surface area contributed by atoms with Crippen LogP contribution in [0.2, 0.25) is 0 Å². The zero-order valence-corrected chi connectivity index (χ0v) is 14.4. The van der Waals surface area contributed by atoms with Crippen molar-refractivity contribution in [3.8, 4) is 5.75 Å². The van der Waals surface area contributed by atoms with Crippen LogP contribution in [0.5, 0.6) is 5.75 Å². The van der Waals surface area contributed by atoms with E-state index in [0.29, 0.717) is 0 Å². The number of methoxy groups -OCH3 is 1. The topological polar surface area (TPSA) is 81.5 Å². The van der Waals surface area contributed by atoms with Crippen LogP contribution in [0.15, 0.2) is 60.7 Å². The minimum Gasteiger partial charge on any atom is -0.490 e. The maximum atomic E-state index is 12.5. The Hall–Kier alpha value is -3.41. The molecule has 0 aromatic heterocycles. The lowest BCUT2D eigenvalue weighted by molar-refractivity contribution is -0.385. The molecule has 3 rings (SSSR count). The highest BCUT2D eigenvalue weighted by atomic mass is 16.6. The van der Waals surface area contributed by atoms with E-state index in [4.69, 9.17) is 4.74 Å². The molecule has 0 aliphatic rings. The second kappa shape index (κ2) is 7.23. The number of nitro benzene ring substituents is 1. The minimum atomic E-state index is -0.567. The molecule has 26 heavy (non-hydrogen) atoms. The smallest absolute Gasteiger partial charge is 0.311 e. The van der Waals surface area contributed by atoms with Crippen molar-refractivity contribution in [2.75, 3.05) is 7.11 Å². The van der Waals surface area contributed by atoms with Crippen molar-refractivity contribution < 1.29 is 14.5 Å². The first-order valence-corrected chi connectivity index (χ1v) is 8.11. The molecular formula is C20H18N2O4. The summed E-state index contributed by atoms with van der Waals surface area (Å²) in [6, 6.07) is 17.9. The molecule has 0 fully saturated rings. The summed E-state index contributed by atoms with van der Waals surface area (Å²) in [5, 5.41) is 16.2. The number of carbonyl (C=O) groups is 1. The van der Waals surface area contributed by atoms with Crippen LogP contribution in [0.3, 0.4) is 0 Å². The molecule has 0 heterocycles. The van der Waals surface area contributed by atoms with Gasteiger partial charge in [-0.15, -0.1) is 0 Å². The highest BCUT2D eigenvalue weighted by molar-refractivity contribution is 5.95. The van der Waals surface area contributed by atoms with Gasteiger partial charge in [0.2, 0.25) is 0 Å². The van der Waals surface area contributed by atoms with Gasteiger partial charge in [-0.3, -0.25) is 14.9 Å². The van der Waals surface area contributed by atoms with Crippen molar-refractivity contribution in [1.82, 2.24) is 5.32 Å². The average molecular weight is 350 g/mol. The molecule has 0 saturated heterocycles. The number of ether oxygens (including phenoxy) is 1. The van der Waals surface area contributed by atoms with Crippen molar-refractivity contribution in [2.24, 2.45) is 0 Å². The number of amides is 1. The lowest BCUT2D eigenvalue weighted by Gasteiger charge is -2.15. The number of hydrogen-bond acceptors (Lipinski definition) is 4. The number of carbonyl (C=O) groups excluding carboxylic acids is 1. The van der Waals surface area contributed by atoms with E-state index >= 15 is 0 Å². The van der Waals surface area contributed by atoms with Gasteiger partial charge >= 0.3 is 5.69 Å². The standard InChI is InChI=1S/C20H18N2O4/c1-13(15-8-7-14-5-3-4-6-16(14)11-15)21-20(23)17-9-10-19(26-2)18(12-17)22(24)25/h3-13H,1-2H3,(H,21,23). The molecule has 0 aliphatic heterocycles. The number of hydrogen-bond donors (Lipinski definition) is 1. The van der Waals surface area contributed by atoms with Crippen molar-refractivity contribution in [2.45, 2.75) is 13.0 Å². The Labute approximate surface area is 150 Å². The molecule has 0 bridgehead atoms. The molecule has 1 atom stereocenters. The molecule has 0 spiro atoms. The molecule has 132 valence electrons. The van der Waals surface area contributed by atoms with Crippen molar-refractivity contribution in [1.29, 1.82) is 0 Å². The summed E-state index contributed by atoms with van der Waals surface area (Å²) in [4.78, 5) is 23.0. The second-order valence-corrected chi connectivity index (χ2v) is 5.95. The SMILES string of the molecule is COc1ccc(C(=O)NC(C)c2ccc3ccccc3c2)cc1[N+](=O)[O-]. The van der Waals surface area contributed by atoms with Gasteiger partial charge in [-0.1, -0.05) is 36.4 Å². The minimum absolute atomic E-state index is 0.120. The lowest BCUT2D eigenvalue weighted by atomic mass is 10.0. The Morgan fingerprint density at radius 2 is 1.81 bits per heavy atom. The summed E-state index contributed by atoms with van der Waals surface area (Å²) in [6.45, 7) is 1.87. The zero-order chi connectivity index (χ0) is 18.7. The van der Waals surface area contributed by atoms with Crippen LogP contribution >= 0.6 is 0 Å². The number of fused-ring (bicyclic) bond motifs is 1. The van der Waals surface area contributed by atoms with E-state index in [-0.39, 0.29) is 28.9 Å². The predicted octanol–water partition coefficient (Wildman–Crippen LogP) is 4.25. The molecule has 6 heteroatoms. The van der Waals surface area contributed by atoms with Crippen molar-refractivity contribution >= 4 is 22.4 Å². The Morgan fingerprint density at radius 3 is 2.50 bits per heavy atom. The number of rotatable bonds is 5. The lowest BCUT2D eigenvalue weighted by Crippen LogP contribution is -2.26. The molecule has 1 amide bonds. The summed E-state index contributed by atoms with van der Waals surface area (Å²) in [5.41, 5.74) is 0.934. The third kappa shape index (κ3) is 3.49. The number of nitrogens with zero attached hydrogens (tertiary/aromatic N) is 1. The monoisotopic (exact) mass is 350 g/mol. The quantitative estimate of drug-likeness (QED) is 0.551. The van der Waals surface area contributed by atoms with Gasteiger partial charge < -0.3 is 10.1 Å². The maximum absolute atomic E-state index is 12.5. The molecule has 3 aromatic carbocycles. The Balaban J connectivity index is 1.82. The largest absolute Gasteiger partial charge is 0.490 e. The van der Waals surface area contributed by atoms with Gasteiger partial charge in [0.15, 0.2) is 5.75 Å². The molecule has 6 nitrogen and oxygen atoms in total. The number of benzene rings is 3. The summed E-state index contributed by atoms with van der Waals surface area (Å²) < 4.78 is 4.96. The zero-order valence-electron chi connectivity index (χ0n) is 14.4. The van der Waals surface area contributed by atoms with Gasteiger partial charge in [-0.25, -0.2) is 0 Å². The first-order valence-electron chi connectivity index (χ1n) is 8.11. The predicted molar refractivity (Wildman–Crippen MR) is 99.5 cm³/mol. The summed E-state index contributed by atoms with van der Waals surface area (Å²) in [5.74, 6) is -0.259. The van der Waals surface area contributed by atoms with Gasteiger partial charge in [0.05, 0.1) is 18.1 Å². The van der Waals surface area contributed by atoms with E-state index in [1.54, 1.807) is 0 Å². The first kappa shape index (κ1) is 17.4. The Kier molecular flexibility index (Phi) is 4.84. The van der Waals surface area contributed by atoms with Crippen LogP contribution in [0, 0.1) is 10.1 Å². The molecule has 1 N–H and O–H groups in total. The van der Waals surface area contributed by atoms with Crippen LogP contribution in [0.25, 0.3) is 10.8 Å². The average Bonchev–Trinajstić information content (AvgIpc) is 2.66. The van der Waals surface area contributed by atoms with E-state index in [1.807, 2.05) is 49.4 Å². The van der Waals surface area contributed by atoms with Crippen LogP contribution in [0.4, 0.5) is 5.69 Å². The summed E-state index contributed by atoms with van der Waals surface area (Å²) >= 11 is 0. The first-order chi connectivity index (χ1) is 12.5. The number of nitrogens with one attached hydrogen (secondary N) is 1. The van der Waals surface area contributed by atoms with Crippen molar-refractivity contribution in [3.05, 3.63) is 81.9 Å². The van der Waals surface area contributed by atoms with Crippen LogP contribution in [-0.4, -0.2) is 17.9 Å². The van der Waals surface area contributed by atoms with Crippen LogP contribution in [-0.2, 0) is 0 Å². The summed E-state index contributed by atoms with van der Waals surface area (Å²) in [7, 11) is 1.35. The third-order valence-corrected chi connectivity index (χ3v) is 4.26. The van der Waals surface area contributed by atoms with E-state index in [2.05, 4.69) is 5.32 Å². The third-order valence-electron chi connectivity index (χ3n) is 4.26. The van der Waals surface area contributed by atoms with Crippen LogP contribution < -0.4 is 10.1 Å². The molecule has 0 aliphatic carbocycles. The molecule has 3 aromatic rings. The van der Waals surface area contributed by atoms with Gasteiger partial charge in [0.1, 0.15) is 0 Å². The summed E-state index contributed by atoms with van der Waals surface area (Å²) in [6.07, 6.45) is 0. The Bertz CT molecular complexity index is 984. The fourth-order valence-corrected chi connectivity index (χ4v) is 2.81. The van der Waals surface area contributed by atoms with E-state index in [1.165, 1.54) is 25.3 Å². The van der Waals surface area contributed by atoms with Gasteiger partial charge in [-0.05, 0) is 41.5 Å². The van der Waals surface area contributed by atoms with E-state index in [9.17, 15) is 14.9 Å². The van der Waals surface area contributed by atoms with Gasteiger partial charge in [0.25, 0.3) is 5.91 Å². The van der Waals surface area contributed by atoms with Gasteiger partial charge in [0, 0.05) is 11.6 Å². The molecule has 0 saturated carbocycles. The molecule has 1 unspecified atom stereocenters. The fraction of sp³-hybridized carbons (Fsp3) is 0.150. The molecular weight excluding hydrogens is 332 g/mol. The fourth-order valence-electron chi connectivity index (χ4n) is 2.81. The van der Waals surface area contributed by atoms with E-state index < -0.39 is 4.92 Å². The normalized spacial score (nSPS) is 11.8.